The van der Waals surface area contributed by atoms with Crippen LogP contribution in [0.25, 0.3) is 0 Å². The van der Waals surface area contributed by atoms with Crippen molar-refractivity contribution in [2.45, 2.75) is 85.5 Å². The molecule has 202 valence electrons. The normalized spacial score (nSPS) is 15.1. The maximum atomic E-state index is 12.9. The van der Waals surface area contributed by atoms with Gasteiger partial charge in [0.25, 0.3) is 0 Å². The van der Waals surface area contributed by atoms with Crippen LogP contribution >= 0.6 is 23.1 Å². The summed E-state index contributed by atoms with van der Waals surface area (Å²) in [6, 6.07) is 8.44. The highest BCUT2D eigenvalue weighted by Crippen LogP contribution is 2.45. The molecule has 1 aliphatic rings. The molecule has 2 aromatic heterocycles. The van der Waals surface area contributed by atoms with Crippen molar-refractivity contribution >= 4 is 34.0 Å². The molecule has 0 fully saturated rings. The fourth-order valence-corrected chi connectivity index (χ4v) is 7.11. The smallest absolute Gasteiger partial charge is 0.235 e. The fraction of sp³-hybridized carbons (Fsp3) is 0.517. The van der Waals surface area contributed by atoms with Gasteiger partial charge in [0.1, 0.15) is 23.4 Å². The van der Waals surface area contributed by atoms with Crippen LogP contribution in [0.5, 0.6) is 5.75 Å². The predicted octanol–water partition coefficient (Wildman–Crippen LogP) is 6.70. The van der Waals surface area contributed by atoms with Gasteiger partial charge < -0.3 is 14.6 Å². The molecule has 1 N–H and O–H groups in total. The third-order valence-corrected chi connectivity index (χ3v) is 9.91. The van der Waals surface area contributed by atoms with Crippen molar-refractivity contribution in [3.8, 4) is 11.8 Å². The number of thioether (sulfide) groups is 1. The molecule has 0 bridgehead atoms. The lowest BCUT2D eigenvalue weighted by Crippen LogP contribution is -2.28. The molecule has 0 saturated carbocycles. The van der Waals surface area contributed by atoms with E-state index in [1.165, 1.54) is 22.2 Å². The van der Waals surface area contributed by atoms with Crippen molar-refractivity contribution in [2.24, 2.45) is 11.3 Å². The van der Waals surface area contributed by atoms with Crippen molar-refractivity contribution < 1.29 is 9.53 Å². The van der Waals surface area contributed by atoms with Gasteiger partial charge in [-0.25, -0.2) is 0 Å². The van der Waals surface area contributed by atoms with Gasteiger partial charge in [0, 0.05) is 11.4 Å². The van der Waals surface area contributed by atoms with E-state index in [1.54, 1.807) is 11.3 Å². The van der Waals surface area contributed by atoms with Gasteiger partial charge in [-0.05, 0) is 68.6 Å². The minimum atomic E-state index is -0.144. The number of aryl methyl sites for hydroxylation is 2. The average molecular weight is 552 g/mol. The number of fused-ring (bicyclic) bond motifs is 1. The number of aromatic nitrogens is 3. The molecule has 7 nitrogen and oxygen atoms in total. The number of ether oxygens (including phenoxy) is 1. The van der Waals surface area contributed by atoms with Crippen LogP contribution in [0.2, 0.25) is 0 Å². The molecule has 0 spiro atoms. The Labute approximate surface area is 234 Å². The largest absolute Gasteiger partial charge is 0.485 e. The fourth-order valence-electron chi connectivity index (χ4n) is 4.99. The van der Waals surface area contributed by atoms with Crippen molar-refractivity contribution in [3.05, 3.63) is 51.2 Å². The van der Waals surface area contributed by atoms with Crippen LogP contribution in [0.3, 0.4) is 0 Å². The average Bonchev–Trinajstić information content (AvgIpc) is 3.45. The third-order valence-electron chi connectivity index (χ3n) is 7.78. The van der Waals surface area contributed by atoms with Crippen LogP contribution in [-0.2, 0) is 30.8 Å². The van der Waals surface area contributed by atoms with E-state index in [9.17, 15) is 10.1 Å². The van der Waals surface area contributed by atoms with Crippen LogP contribution in [0.4, 0.5) is 5.00 Å². The second kappa shape index (κ2) is 11.9. The van der Waals surface area contributed by atoms with Crippen molar-refractivity contribution in [2.75, 3.05) is 11.1 Å². The number of anilines is 1. The van der Waals surface area contributed by atoms with Crippen LogP contribution < -0.4 is 10.1 Å². The number of thiophene rings is 1. The monoisotopic (exact) mass is 551 g/mol. The summed E-state index contributed by atoms with van der Waals surface area (Å²) < 4.78 is 7.97. The van der Waals surface area contributed by atoms with Crippen molar-refractivity contribution in [1.29, 1.82) is 5.26 Å². The topological polar surface area (TPSA) is 92.8 Å². The molecule has 3 aromatic rings. The molecule has 0 aliphatic heterocycles. The maximum Gasteiger partial charge on any atom is 0.235 e. The molecule has 1 atom stereocenters. The van der Waals surface area contributed by atoms with E-state index in [1.807, 2.05) is 30.5 Å². The van der Waals surface area contributed by atoms with Crippen LogP contribution in [-0.4, -0.2) is 26.4 Å². The van der Waals surface area contributed by atoms with E-state index in [-0.39, 0.29) is 17.1 Å². The summed E-state index contributed by atoms with van der Waals surface area (Å²) in [6.07, 6.45) is 4.10. The number of rotatable bonds is 10. The van der Waals surface area contributed by atoms with Gasteiger partial charge in [0.2, 0.25) is 5.91 Å². The molecule has 1 amide bonds. The maximum absolute atomic E-state index is 12.9. The lowest BCUT2D eigenvalue weighted by molar-refractivity contribution is -0.113. The number of nitriles is 1. The highest BCUT2D eigenvalue weighted by Gasteiger charge is 2.34. The van der Waals surface area contributed by atoms with Gasteiger partial charge in [0.05, 0.1) is 11.3 Å². The lowest BCUT2D eigenvalue weighted by atomic mass is 9.69. The first-order valence-electron chi connectivity index (χ1n) is 13.3. The molecule has 9 heteroatoms. The lowest BCUT2D eigenvalue weighted by Gasteiger charge is -2.36. The van der Waals surface area contributed by atoms with E-state index < -0.39 is 0 Å². The molecule has 1 aromatic carbocycles. The summed E-state index contributed by atoms with van der Waals surface area (Å²) in [7, 11) is 0. The molecular formula is C29H37N5O2S2. The van der Waals surface area contributed by atoms with Gasteiger partial charge in [-0.3, -0.25) is 4.79 Å². The number of hydrogen-bond donors (Lipinski definition) is 1. The van der Waals surface area contributed by atoms with Crippen molar-refractivity contribution in [1.82, 2.24) is 14.8 Å². The minimum Gasteiger partial charge on any atom is -0.485 e. The number of hydrogen-bond acceptors (Lipinski definition) is 7. The highest BCUT2D eigenvalue weighted by atomic mass is 32.2. The predicted molar refractivity (Wildman–Crippen MR) is 154 cm³/mol. The van der Waals surface area contributed by atoms with Gasteiger partial charge in [-0.2, -0.15) is 5.26 Å². The number of nitrogens with zero attached hydrogens (tertiary/aromatic N) is 4. The standard InChI is InChI=1S/C29H37N5O2S2/c1-7-29(5,6)20-10-11-21-22(15-30)27(38-24(21)14-20)31-26(35)17-37-28-33-32-25(34(28)8-2)16-36-23-12-9-18(3)13-19(23)4/h9,12-13,20H,7-8,10-11,14,16-17H2,1-6H3,(H,31,35). The van der Waals surface area contributed by atoms with E-state index in [0.717, 1.165) is 48.4 Å². The van der Waals surface area contributed by atoms with E-state index >= 15 is 0 Å². The van der Waals surface area contributed by atoms with E-state index in [0.29, 0.717) is 34.8 Å². The van der Waals surface area contributed by atoms with Crippen molar-refractivity contribution in [3.63, 3.8) is 0 Å². The number of amides is 1. The zero-order valence-electron chi connectivity index (χ0n) is 23.2. The first-order chi connectivity index (χ1) is 18.2. The molecule has 4 rings (SSSR count). The van der Waals surface area contributed by atoms with Gasteiger partial charge in [-0.1, -0.05) is 56.7 Å². The Hall–Kier alpha value is -2.83. The third kappa shape index (κ3) is 6.08. The Bertz CT molecular complexity index is 1350. The summed E-state index contributed by atoms with van der Waals surface area (Å²) in [5.74, 6) is 2.19. The van der Waals surface area contributed by atoms with Crippen LogP contribution in [0.1, 0.15) is 73.5 Å². The summed E-state index contributed by atoms with van der Waals surface area (Å²) in [6.45, 7) is 14.0. The second-order valence-electron chi connectivity index (χ2n) is 10.6. The SMILES string of the molecule is CCn1c(COc2ccc(C)cc2C)nnc1SCC(=O)Nc1sc2c(c1C#N)CCC(C(C)(C)CC)C2. The summed E-state index contributed by atoms with van der Waals surface area (Å²) in [5, 5.41) is 22.8. The number of carbonyl (C=O) groups is 1. The Balaban J connectivity index is 1.38. The number of nitrogens with one attached hydrogen (secondary N) is 1. The second-order valence-corrected chi connectivity index (χ2v) is 12.7. The van der Waals surface area contributed by atoms with E-state index in [4.69, 9.17) is 4.74 Å². The molecule has 1 aliphatic carbocycles. The van der Waals surface area contributed by atoms with E-state index in [2.05, 4.69) is 55.3 Å². The van der Waals surface area contributed by atoms with Crippen LogP contribution in [0.15, 0.2) is 23.4 Å². The van der Waals surface area contributed by atoms with Gasteiger partial charge in [0.15, 0.2) is 11.0 Å². The summed E-state index contributed by atoms with van der Waals surface area (Å²) in [5.41, 5.74) is 4.31. The Morgan fingerprint density at radius 1 is 1.32 bits per heavy atom. The quantitative estimate of drug-likeness (QED) is 0.282. The Kier molecular flexibility index (Phi) is 8.84. The number of benzene rings is 1. The molecular weight excluding hydrogens is 514 g/mol. The molecule has 38 heavy (non-hydrogen) atoms. The zero-order chi connectivity index (χ0) is 27.4. The molecule has 0 saturated heterocycles. The molecule has 0 radical (unpaired) electrons. The molecule has 2 heterocycles. The molecule has 1 unspecified atom stereocenters. The van der Waals surface area contributed by atoms with Gasteiger partial charge in [-0.15, -0.1) is 21.5 Å². The summed E-state index contributed by atoms with van der Waals surface area (Å²) in [4.78, 5) is 14.2. The first kappa shape index (κ1) is 28.2. The Morgan fingerprint density at radius 2 is 2.11 bits per heavy atom. The first-order valence-corrected chi connectivity index (χ1v) is 15.1. The Morgan fingerprint density at radius 3 is 2.79 bits per heavy atom. The zero-order valence-corrected chi connectivity index (χ0v) is 24.8. The van der Waals surface area contributed by atoms with Crippen LogP contribution in [0, 0.1) is 36.5 Å². The highest BCUT2D eigenvalue weighted by molar-refractivity contribution is 7.99. The summed E-state index contributed by atoms with van der Waals surface area (Å²) >= 11 is 2.92. The number of carbonyl (C=O) groups excluding carboxylic acids is 1. The van der Waals surface area contributed by atoms with Gasteiger partial charge >= 0.3 is 0 Å². The minimum absolute atomic E-state index is 0.144.